The number of rotatable bonds is 4. The molecule has 3 nitrogen and oxygen atoms in total. The van der Waals surface area contributed by atoms with Crippen molar-refractivity contribution in [3.05, 3.63) is 29.6 Å². The van der Waals surface area contributed by atoms with Crippen LogP contribution in [0.5, 0.6) is 5.75 Å². The van der Waals surface area contributed by atoms with Gasteiger partial charge in [-0.3, -0.25) is 4.90 Å². The lowest BCUT2D eigenvalue weighted by Gasteiger charge is -2.20. The normalized spacial score (nSPS) is 12.6. The molecule has 0 bridgehead atoms. The highest BCUT2D eigenvalue weighted by Gasteiger charge is 2.18. The molecule has 1 unspecified atom stereocenters. The minimum atomic E-state index is -0.490. The molecule has 4 heteroatoms. The molecule has 1 aromatic rings. The van der Waals surface area contributed by atoms with Gasteiger partial charge in [0.25, 0.3) is 0 Å². The third-order valence-corrected chi connectivity index (χ3v) is 2.20. The lowest BCUT2D eigenvalue weighted by atomic mass is 10.1. The number of benzene rings is 1. The predicted octanol–water partition coefficient (Wildman–Crippen LogP) is 1.64. The average Bonchev–Trinajstić information content (AvgIpc) is 2.18. The lowest BCUT2D eigenvalue weighted by molar-refractivity contribution is -0.111. The van der Waals surface area contributed by atoms with Crippen molar-refractivity contribution < 1.29 is 13.9 Å². The van der Waals surface area contributed by atoms with E-state index in [0.29, 0.717) is 11.3 Å². The summed E-state index contributed by atoms with van der Waals surface area (Å²) >= 11 is 0. The maximum Gasteiger partial charge on any atom is 0.141 e. The fourth-order valence-electron chi connectivity index (χ4n) is 1.41. The molecule has 0 fully saturated rings. The average molecular weight is 211 g/mol. The number of carbonyl (C=O) groups is 1. The predicted molar refractivity (Wildman–Crippen MR) is 55.4 cm³/mol. The third kappa shape index (κ3) is 2.53. The number of halogens is 1. The Bertz CT molecular complexity index is 352. The van der Waals surface area contributed by atoms with Crippen LogP contribution in [0.25, 0.3) is 0 Å². The first kappa shape index (κ1) is 11.7. The number of carbonyl (C=O) groups excluding carboxylic acids is 1. The van der Waals surface area contributed by atoms with Crippen LogP contribution in [-0.2, 0) is 4.79 Å². The van der Waals surface area contributed by atoms with Gasteiger partial charge in [-0.2, -0.15) is 0 Å². The Labute approximate surface area is 88.5 Å². The largest absolute Gasteiger partial charge is 0.496 e. The van der Waals surface area contributed by atoms with Crippen molar-refractivity contribution in [2.24, 2.45) is 0 Å². The summed E-state index contributed by atoms with van der Waals surface area (Å²) in [5.74, 6) is 0.140. The van der Waals surface area contributed by atoms with Crippen LogP contribution in [0, 0.1) is 5.82 Å². The highest BCUT2D eigenvalue weighted by molar-refractivity contribution is 5.63. The van der Waals surface area contributed by atoms with E-state index in [1.54, 1.807) is 19.0 Å². The monoisotopic (exact) mass is 211 g/mol. The summed E-state index contributed by atoms with van der Waals surface area (Å²) in [6.45, 7) is 0. The van der Waals surface area contributed by atoms with Gasteiger partial charge < -0.3 is 9.53 Å². The summed E-state index contributed by atoms with van der Waals surface area (Å²) in [4.78, 5) is 12.6. The van der Waals surface area contributed by atoms with Gasteiger partial charge >= 0.3 is 0 Å². The van der Waals surface area contributed by atoms with Crippen LogP contribution in [0.2, 0.25) is 0 Å². The lowest BCUT2D eigenvalue weighted by Crippen LogP contribution is -2.21. The van der Waals surface area contributed by atoms with Gasteiger partial charge in [0, 0.05) is 5.56 Å². The zero-order valence-electron chi connectivity index (χ0n) is 9.03. The summed E-state index contributed by atoms with van der Waals surface area (Å²) in [5, 5.41) is 0. The maximum absolute atomic E-state index is 13.1. The second-order valence-electron chi connectivity index (χ2n) is 3.43. The van der Waals surface area contributed by atoms with E-state index in [1.165, 1.54) is 25.3 Å². The summed E-state index contributed by atoms with van der Waals surface area (Å²) in [6.07, 6.45) is 0.761. The summed E-state index contributed by atoms with van der Waals surface area (Å²) in [6, 6.07) is 3.65. The fourth-order valence-corrected chi connectivity index (χ4v) is 1.41. The maximum atomic E-state index is 13.1. The van der Waals surface area contributed by atoms with Gasteiger partial charge in [0.1, 0.15) is 17.9 Å². The zero-order chi connectivity index (χ0) is 11.4. The van der Waals surface area contributed by atoms with Crippen LogP contribution < -0.4 is 4.74 Å². The van der Waals surface area contributed by atoms with Crippen molar-refractivity contribution in [1.82, 2.24) is 4.90 Å². The third-order valence-electron chi connectivity index (χ3n) is 2.20. The van der Waals surface area contributed by atoms with E-state index in [-0.39, 0.29) is 5.82 Å². The smallest absolute Gasteiger partial charge is 0.141 e. The molecule has 0 saturated carbocycles. The molecule has 0 saturated heterocycles. The zero-order valence-corrected chi connectivity index (χ0v) is 9.03. The molecule has 0 amide bonds. The summed E-state index contributed by atoms with van der Waals surface area (Å²) < 4.78 is 18.1. The molecular formula is C11H14FNO2. The van der Waals surface area contributed by atoms with Crippen LogP contribution in [0.4, 0.5) is 4.39 Å². The van der Waals surface area contributed by atoms with Gasteiger partial charge in [0.2, 0.25) is 0 Å². The van der Waals surface area contributed by atoms with Crippen LogP contribution >= 0.6 is 0 Å². The minimum Gasteiger partial charge on any atom is -0.496 e. The van der Waals surface area contributed by atoms with Crippen LogP contribution in [0.3, 0.4) is 0 Å². The molecule has 82 valence electrons. The highest BCUT2D eigenvalue weighted by atomic mass is 19.1. The van der Waals surface area contributed by atoms with E-state index in [0.717, 1.165) is 6.29 Å². The summed E-state index contributed by atoms with van der Waals surface area (Å²) in [7, 11) is 5.00. The van der Waals surface area contributed by atoms with Crippen LogP contribution in [0.1, 0.15) is 11.6 Å². The molecule has 0 aliphatic carbocycles. The van der Waals surface area contributed by atoms with Crippen molar-refractivity contribution in [2.45, 2.75) is 6.04 Å². The molecule has 1 aromatic carbocycles. The topological polar surface area (TPSA) is 29.5 Å². The molecule has 0 aliphatic heterocycles. The van der Waals surface area contributed by atoms with Crippen molar-refractivity contribution in [3.8, 4) is 5.75 Å². The molecule has 0 heterocycles. The van der Waals surface area contributed by atoms with Gasteiger partial charge in [0.05, 0.1) is 13.2 Å². The van der Waals surface area contributed by atoms with Crippen molar-refractivity contribution in [1.29, 1.82) is 0 Å². The number of nitrogens with zero attached hydrogens (tertiary/aromatic N) is 1. The van der Waals surface area contributed by atoms with Crippen molar-refractivity contribution >= 4 is 6.29 Å². The number of ether oxygens (including phenoxy) is 1. The number of aldehydes is 1. The van der Waals surface area contributed by atoms with Gasteiger partial charge in [-0.25, -0.2) is 4.39 Å². The van der Waals surface area contributed by atoms with E-state index >= 15 is 0 Å². The number of methoxy groups -OCH3 is 1. The minimum absolute atomic E-state index is 0.375. The quantitative estimate of drug-likeness (QED) is 0.709. The molecule has 15 heavy (non-hydrogen) atoms. The molecule has 0 aliphatic rings. The highest BCUT2D eigenvalue weighted by Crippen LogP contribution is 2.27. The first-order valence-electron chi connectivity index (χ1n) is 4.55. The van der Waals surface area contributed by atoms with Crippen molar-refractivity contribution in [2.75, 3.05) is 21.2 Å². The fraction of sp³-hybridized carbons (Fsp3) is 0.364. The Morgan fingerprint density at radius 2 is 2.13 bits per heavy atom. The van der Waals surface area contributed by atoms with Crippen LogP contribution in [0.15, 0.2) is 18.2 Å². The van der Waals surface area contributed by atoms with Gasteiger partial charge in [-0.15, -0.1) is 0 Å². The van der Waals surface area contributed by atoms with Gasteiger partial charge in [-0.1, -0.05) is 0 Å². The molecule has 1 atom stereocenters. The molecule has 0 aromatic heterocycles. The first-order valence-corrected chi connectivity index (χ1v) is 4.55. The summed E-state index contributed by atoms with van der Waals surface area (Å²) in [5.41, 5.74) is 0.539. The SMILES string of the molecule is COc1ccc(F)cc1C(C=O)N(C)C. The van der Waals surface area contributed by atoms with Gasteiger partial charge in [-0.05, 0) is 32.3 Å². The Morgan fingerprint density at radius 1 is 1.47 bits per heavy atom. The van der Waals surface area contributed by atoms with E-state index in [2.05, 4.69) is 0 Å². The molecular weight excluding hydrogens is 197 g/mol. The van der Waals surface area contributed by atoms with E-state index in [4.69, 9.17) is 4.74 Å². The molecule has 0 N–H and O–H groups in total. The van der Waals surface area contributed by atoms with Crippen LogP contribution in [-0.4, -0.2) is 32.4 Å². The molecule has 0 radical (unpaired) electrons. The first-order chi connectivity index (χ1) is 7.10. The molecule has 1 rings (SSSR count). The standard InChI is InChI=1S/C11H14FNO2/c1-13(2)10(7-14)9-6-8(12)4-5-11(9)15-3/h4-7,10H,1-3H3. The number of likely N-dealkylation sites (N-methyl/N-ethyl adjacent to an activating group) is 1. The Hall–Kier alpha value is -1.42. The van der Waals surface area contributed by atoms with E-state index in [1.807, 2.05) is 0 Å². The number of hydrogen-bond donors (Lipinski definition) is 0. The Kier molecular flexibility index (Phi) is 3.80. The Balaban J connectivity index is 3.19. The van der Waals surface area contributed by atoms with Crippen molar-refractivity contribution in [3.63, 3.8) is 0 Å². The Morgan fingerprint density at radius 3 is 2.60 bits per heavy atom. The van der Waals surface area contributed by atoms with Gasteiger partial charge in [0.15, 0.2) is 0 Å². The van der Waals surface area contributed by atoms with E-state index in [9.17, 15) is 9.18 Å². The molecule has 0 spiro atoms. The second-order valence-corrected chi connectivity index (χ2v) is 3.43. The number of hydrogen-bond acceptors (Lipinski definition) is 3. The van der Waals surface area contributed by atoms with E-state index < -0.39 is 6.04 Å². The second kappa shape index (κ2) is 4.89.